The fourth-order valence-electron chi connectivity index (χ4n) is 3.32. The zero-order valence-electron chi connectivity index (χ0n) is 18.6. The largest absolute Gasteiger partial charge is 0.467 e. The van der Waals surface area contributed by atoms with E-state index >= 15 is 0 Å². The maximum absolute atomic E-state index is 12.9. The maximum atomic E-state index is 12.9. The number of nitrogens with zero attached hydrogens (tertiary/aromatic N) is 3. The Hall–Kier alpha value is -4.47. The van der Waals surface area contributed by atoms with Crippen LogP contribution in [0.25, 0.3) is 22.3 Å². The third-order valence-corrected chi connectivity index (χ3v) is 4.94. The van der Waals surface area contributed by atoms with Gasteiger partial charge in [0.05, 0.1) is 35.6 Å². The highest BCUT2D eigenvalue weighted by atomic mass is 16.5. The zero-order valence-corrected chi connectivity index (χ0v) is 18.6. The van der Waals surface area contributed by atoms with Crippen molar-refractivity contribution in [1.82, 2.24) is 25.4 Å². The van der Waals surface area contributed by atoms with Crippen LogP contribution < -0.4 is 10.6 Å². The van der Waals surface area contributed by atoms with Crippen LogP contribution in [0.3, 0.4) is 0 Å². The number of aromatic nitrogens is 3. The monoisotopic (exact) mass is 461 g/mol. The van der Waals surface area contributed by atoms with Crippen molar-refractivity contribution >= 4 is 28.9 Å². The molecule has 0 spiro atoms. The summed E-state index contributed by atoms with van der Waals surface area (Å²) in [4.78, 5) is 41.6. The van der Waals surface area contributed by atoms with Crippen LogP contribution in [-0.4, -0.2) is 39.3 Å². The molecular formula is C24H23N5O5. The summed E-state index contributed by atoms with van der Waals surface area (Å²) >= 11 is 0. The summed E-state index contributed by atoms with van der Waals surface area (Å²) in [5.74, 6) is -0.956. The SMILES string of the molecule is CC(C)n1ncc2c(C(=O)OCC(=O)NC(=O)NCc3ccco3)cc(-c3ccccc3)nc21. The molecule has 3 aromatic heterocycles. The lowest BCUT2D eigenvalue weighted by atomic mass is 10.1. The van der Waals surface area contributed by atoms with E-state index in [1.807, 2.05) is 44.2 Å². The van der Waals surface area contributed by atoms with E-state index in [-0.39, 0.29) is 18.2 Å². The number of amides is 3. The molecule has 0 saturated heterocycles. The molecule has 4 rings (SSSR count). The molecule has 0 aliphatic heterocycles. The van der Waals surface area contributed by atoms with Crippen LogP contribution >= 0.6 is 0 Å². The Morgan fingerprint density at radius 1 is 1.12 bits per heavy atom. The van der Waals surface area contributed by atoms with Gasteiger partial charge in [0.15, 0.2) is 12.3 Å². The maximum Gasteiger partial charge on any atom is 0.339 e. The first-order chi connectivity index (χ1) is 16.4. The van der Waals surface area contributed by atoms with Gasteiger partial charge in [0, 0.05) is 11.6 Å². The smallest absolute Gasteiger partial charge is 0.339 e. The van der Waals surface area contributed by atoms with Crippen molar-refractivity contribution in [3.05, 3.63) is 72.3 Å². The fourth-order valence-corrected chi connectivity index (χ4v) is 3.32. The first-order valence-corrected chi connectivity index (χ1v) is 10.6. The van der Waals surface area contributed by atoms with Gasteiger partial charge in [-0.05, 0) is 32.0 Å². The quantitative estimate of drug-likeness (QED) is 0.403. The Labute approximate surface area is 194 Å². The lowest BCUT2D eigenvalue weighted by Crippen LogP contribution is -2.41. The molecule has 0 aliphatic rings. The molecular weight excluding hydrogens is 438 g/mol. The second kappa shape index (κ2) is 9.99. The Bertz CT molecular complexity index is 1310. The minimum Gasteiger partial charge on any atom is -0.467 e. The van der Waals surface area contributed by atoms with Crippen LogP contribution in [0.2, 0.25) is 0 Å². The molecule has 3 amide bonds. The van der Waals surface area contributed by atoms with Gasteiger partial charge >= 0.3 is 12.0 Å². The first kappa shape index (κ1) is 22.7. The van der Waals surface area contributed by atoms with Gasteiger partial charge in [0.2, 0.25) is 0 Å². The number of benzene rings is 1. The standard InChI is InChI=1S/C24H23N5O5/c1-15(2)29-22-19(13-26-29)18(11-20(27-22)16-7-4-3-5-8-16)23(31)34-14-21(30)28-24(32)25-12-17-9-6-10-33-17/h3-11,13,15H,12,14H2,1-2H3,(H2,25,28,30,32). The van der Waals surface area contributed by atoms with Crippen LogP contribution in [0.1, 0.15) is 36.0 Å². The Morgan fingerprint density at radius 3 is 2.62 bits per heavy atom. The molecule has 10 heteroatoms. The summed E-state index contributed by atoms with van der Waals surface area (Å²) < 4.78 is 12.0. The average Bonchev–Trinajstić information content (AvgIpc) is 3.51. The molecule has 0 bridgehead atoms. The third-order valence-electron chi connectivity index (χ3n) is 4.94. The van der Waals surface area contributed by atoms with Crippen LogP contribution in [0, 0.1) is 0 Å². The van der Waals surface area contributed by atoms with Crippen LogP contribution in [0.4, 0.5) is 4.79 Å². The van der Waals surface area contributed by atoms with Gasteiger partial charge in [0.25, 0.3) is 5.91 Å². The molecule has 10 nitrogen and oxygen atoms in total. The number of ether oxygens (including phenoxy) is 1. The van der Waals surface area contributed by atoms with Crippen molar-refractivity contribution in [2.45, 2.75) is 26.4 Å². The van der Waals surface area contributed by atoms with E-state index in [0.29, 0.717) is 22.5 Å². The van der Waals surface area contributed by atoms with Crippen molar-refractivity contribution in [2.75, 3.05) is 6.61 Å². The number of furan rings is 1. The van der Waals surface area contributed by atoms with Gasteiger partial charge in [-0.2, -0.15) is 5.10 Å². The lowest BCUT2D eigenvalue weighted by Gasteiger charge is -2.11. The van der Waals surface area contributed by atoms with E-state index in [0.717, 1.165) is 5.56 Å². The molecule has 174 valence electrons. The third kappa shape index (κ3) is 5.12. The normalized spacial score (nSPS) is 10.9. The summed E-state index contributed by atoms with van der Waals surface area (Å²) in [6.45, 7) is 3.41. The number of pyridine rings is 1. The van der Waals surface area contributed by atoms with Crippen LogP contribution in [-0.2, 0) is 16.1 Å². The number of carbonyl (C=O) groups excluding carboxylic acids is 3. The van der Waals surface area contributed by atoms with E-state index in [1.165, 1.54) is 6.26 Å². The summed E-state index contributed by atoms with van der Waals surface area (Å²) in [6.07, 6.45) is 3.03. The molecule has 1 aromatic carbocycles. The van der Waals surface area contributed by atoms with Gasteiger partial charge in [-0.3, -0.25) is 10.1 Å². The fraction of sp³-hybridized carbons (Fsp3) is 0.208. The van der Waals surface area contributed by atoms with Crippen LogP contribution in [0.15, 0.2) is 65.4 Å². The Balaban J connectivity index is 1.48. The number of hydrogen-bond acceptors (Lipinski definition) is 7. The van der Waals surface area contributed by atoms with E-state index in [4.69, 9.17) is 14.1 Å². The minimum absolute atomic E-state index is 0.0189. The molecule has 0 unspecified atom stereocenters. The van der Waals surface area contributed by atoms with Crippen molar-refractivity contribution in [1.29, 1.82) is 0 Å². The number of carbonyl (C=O) groups is 3. The summed E-state index contributed by atoms with van der Waals surface area (Å²) in [7, 11) is 0. The number of rotatable bonds is 7. The predicted molar refractivity (Wildman–Crippen MR) is 123 cm³/mol. The highest BCUT2D eigenvalue weighted by Gasteiger charge is 2.20. The second-order valence-corrected chi connectivity index (χ2v) is 7.73. The average molecular weight is 461 g/mol. The number of fused-ring (bicyclic) bond motifs is 1. The molecule has 0 aliphatic carbocycles. The number of nitrogens with one attached hydrogen (secondary N) is 2. The van der Waals surface area contributed by atoms with Crippen LogP contribution in [0.5, 0.6) is 0 Å². The molecule has 0 fully saturated rings. The molecule has 34 heavy (non-hydrogen) atoms. The van der Waals surface area contributed by atoms with Gasteiger partial charge in [-0.1, -0.05) is 30.3 Å². The van der Waals surface area contributed by atoms with Crippen molar-refractivity contribution in [2.24, 2.45) is 0 Å². The Morgan fingerprint density at radius 2 is 1.91 bits per heavy atom. The molecule has 0 saturated carbocycles. The first-order valence-electron chi connectivity index (χ1n) is 10.6. The molecule has 0 atom stereocenters. The topological polar surface area (TPSA) is 128 Å². The van der Waals surface area contributed by atoms with E-state index in [1.54, 1.807) is 29.1 Å². The molecule has 3 heterocycles. The predicted octanol–water partition coefficient (Wildman–Crippen LogP) is 3.46. The molecule has 0 radical (unpaired) electrons. The van der Waals surface area contributed by atoms with Gasteiger partial charge in [-0.15, -0.1) is 0 Å². The highest BCUT2D eigenvalue weighted by molar-refractivity contribution is 6.04. The second-order valence-electron chi connectivity index (χ2n) is 7.73. The van der Waals surface area contributed by atoms with Gasteiger partial charge < -0.3 is 14.5 Å². The van der Waals surface area contributed by atoms with E-state index in [9.17, 15) is 14.4 Å². The van der Waals surface area contributed by atoms with E-state index < -0.39 is 24.5 Å². The minimum atomic E-state index is -0.767. The number of urea groups is 1. The Kier molecular flexibility index (Phi) is 6.67. The van der Waals surface area contributed by atoms with Crippen molar-refractivity contribution in [3.63, 3.8) is 0 Å². The highest BCUT2D eigenvalue weighted by Crippen LogP contribution is 2.26. The van der Waals surface area contributed by atoms with E-state index in [2.05, 4.69) is 15.7 Å². The molecule has 4 aromatic rings. The molecule has 2 N–H and O–H groups in total. The zero-order chi connectivity index (χ0) is 24.1. The number of hydrogen-bond donors (Lipinski definition) is 2. The summed E-state index contributed by atoms with van der Waals surface area (Å²) in [6, 6.07) is 13.7. The summed E-state index contributed by atoms with van der Waals surface area (Å²) in [5, 5.41) is 9.44. The number of esters is 1. The van der Waals surface area contributed by atoms with Crippen molar-refractivity contribution < 1.29 is 23.5 Å². The van der Waals surface area contributed by atoms with Crippen molar-refractivity contribution in [3.8, 4) is 11.3 Å². The summed E-state index contributed by atoms with van der Waals surface area (Å²) in [5.41, 5.74) is 2.15. The van der Waals surface area contributed by atoms with Gasteiger partial charge in [0.1, 0.15) is 5.76 Å². The lowest BCUT2D eigenvalue weighted by molar-refractivity contribution is -0.123. The van der Waals surface area contributed by atoms with Gasteiger partial charge in [-0.25, -0.2) is 19.3 Å². The number of imide groups is 1.